The molecule has 4 nitrogen and oxygen atoms in total. The summed E-state index contributed by atoms with van der Waals surface area (Å²) in [5.41, 5.74) is 4.37. The van der Waals surface area contributed by atoms with Gasteiger partial charge < -0.3 is 4.57 Å². The molecular weight excluding hydrogens is 446 g/mol. The number of aryl methyl sites for hydroxylation is 1. The highest BCUT2D eigenvalue weighted by Crippen LogP contribution is 2.41. The molecule has 0 bridgehead atoms. The summed E-state index contributed by atoms with van der Waals surface area (Å²) in [6, 6.07) is 22.3. The molecule has 0 radical (unpaired) electrons. The maximum absolute atomic E-state index is 13.1. The maximum Gasteiger partial charge on any atom is 0.194 e. The van der Waals surface area contributed by atoms with Crippen molar-refractivity contribution in [3.05, 3.63) is 87.8 Å². The van der Waals surface area contributed by atoms with Crippen LogP contribution in [0.25, 0.3) is 42.8 Å². The van der Waals surface area contributed by atoms with E-state index in [4.69, 9.17) is 4.98 Å². The van der Waals surface area contributed by atoms with Crippen molar-refractivity contribution in [2.24, 2.45) is 7.05 Å². The molecule has 0 saturated carbocycles. The first kappa shape index (κ1) is 19.9. The van der Waals surface area contributed by atoms with Gasteiger partial charge in [0, 0.05) is 38.9 Å². The number of nitriles is 1. The molecule has 0 unspecified atom stereocenters. The predicted octanol–water partition coefficient (Wildman–Crippen LogP) is 7.09. The quantitative estimate of drug-likeness (QED) is 0.207. The Hall–Kier alpha value is -3.79. The Morgan fingerprint density at radius 3 is 2.58 bits per heavy atom. The highest BCUT2D eigenvalue weighted by molar-refractivity contribution is 7.22. The zero-order valence-corrected chi connectivity index (χ0v) is 19.6. The highest BCUT2D eigenvalue weighted by atomic mass is 32.1. The number of imidazole rings is 1. The number of allylic oxidation sites excluding steroid dienone is 3. The minimum Gasteiger partial charge on any atom is -0.326 e. The molecule has 3 aromatic heterocycles. The number of carbonyl (C=O) groups is 1. The van der Waals surface area contributed by atoms with Crippen LogP contribution in [-0.4, -0.2) is 15.3 Å². The number of aromatic nitrogens is 2. The number of Topliss-reactive ketones (excluding diaryl/α,β-unsaturated/α-hetero) is 1. The molecule has 0 saturated heterocycles. The molecule has 0 amide bonds. The summed E-state index contributed by atoms with van der Waals surface area (Å²) in [4.78, 5) is 21.1. The lowest BCUT2D eigenvalue weighted by Crippen LogP contribution is -1.95. The van der Waals surface area contributed by atoms with Gasteiger partial charge in [-0.05, 0) is 42.1 Å². The molecule has 158 valence electrons. The van der Waals surface area contributed by atoms with E-state index in [1.165, 1.54) is 10.1 Å². The minimum atomic E-state index is -0.0356. The SMILES string of the molecule is CC(C#N)=C1/C(=C/c2cc3c(nc(-c4cc5ccccc5s4)n3C)s2)C(=O)c2ccccc21. The van der Waals surface area contributed by atoms with Crippen LogP contribution in [-0.2, 0) is 7.05 Å². The van der Waals surface area contributed by atoms with Crippen molar-refractivity contribution in [2.75, 3.05) is 0 Å². The summed E-state index contributed by atoms with van der Waals surface area (Å²) >= 11 is 3.30. The molecule has 33 heavy (non-hydrogen) atoms. The number of thiophene rings is 2. The van der Waals surface area contributed by atoms with Gasteiger partial charge in [-0.15, -0.1) is 22.7 Å². The molecule has 0 spiro atoms. The Balaban J connectivity index is 1.45. The Kier molecular flexibility index (Phi) is 4.44. The molecule has 3 heterocycles. The van der Waals surface area contributed by atoms with Crippen molar-refractivity contribution < 1.29 is 4.79 Å². The summed E-state index contributed by atoms with van der Waals surface area (Å²) in [5.74, 6) is 0.911. The lowest BCUT2D eigenvalue weighted by Gasteiger charge is -2.02. The topological polar surface area (TPSA) is 58.7 Å². The van der Waals surface area contributed by atoms with E-state index in [9.17, 15) is 10.1 Å². The minimum absolute atomic E-state index is 0.0356. The van der Waals surface area contributed by atoms with Gasteiger partial charge in [-0.1, -0.05) is 42.5 Å². The number of rotatable bonds is 2. The predicted molar refractivity (Wildman–Crippen MR) is 136 cm³/mol. The van der Waals surface area contributed by atoms with Crippen LogP contribution in [0, 0.1) is 11.3 Å². The van der Waals surface area contributed by atoms with Gasteiger partial charge in [-0.25, -0.2) is 4.98 Å². The molecule has 5 aromatic rings. The van der Waals surface area contributed by atoms with Crippen molar-refractivity contribution in [3.63, 3.8) is 0 Å². The summed E-state index contributed by atoms with van der Waals surface area (Å²) in [6.07, 6.45) is 1.91. The summed E-state index contributed by atoms with van der Waals surface area (Å²) in [6.45, 7) is 1.77. The van der Waals surface area contributed by atoms with E-state index in [-0.39, 0.29) is 5.78 Å². The van der Waals surface area contributed by atoms with Crippen LogP contribution in [0.5, 0.6) is 0 Å². The lowest BCUT2D eigenvalue weighted by atomic mass is 9.99. The van der Waals surface area contributed by atoms with Gasteiger partial charge in [0.1, 0.15) is 4.83 Å². The van der Waals surface area contributed by atoms with Crippen LogP contribution in [0.3, 0.4) is 0 Å². The number of hydrogen-bond acceptors (Lipinski definition) is 5. The second-order valence-electron chi connectivity index (χ2n) is 8.03. The summed E-state index contributed by atoms with van der Waals surface area (Å²) in [7, 11) is 2.03. The van der Waals surface area contributed by atoms with E-state index in [2.05, 4.69) is 47.0 Å². The van der Waals surface area contributed by atoms with Gasteiger partial charge in [0.05, 0.1) is 16.5 Å². The molecule has 6 rings (SSSR count). The second kappa shape index (κ2) is 7.38. The Labute approximate surface area is 198 Å². The second-order valence-corrected chi connectivity index (χ2v) is 10.2. The van der Waals surface area contributed by atoms with Crippen molar-refractivity contribution in [1.82, 2.24) is 9.55 Å². The van der Waals surface area contributed by atoms with Gasteiger partial charge in [0.15, 0.2) is 11.6 Å². The molecule has 1 aliphatic carbocycles. The average Bonchev–Trinajstić information content (AvgIpc) is 3.56. The van der Waals surface area contributed by atoms with Crippen molar-refractivity contribution in [1.29, 1.82) is 5.26 Å². The third kappa shape index (κ3) is 3.01. The van der Waals surface area contributed by atoms with Crippen LogP contribution in [0.4, 0.5) is 0 Å². The Bertz CT molecular complexity index is 1690. The van der Waals surface area contributed by atoms with Gasteiger partial charge in [-0.2, -0.15) is 5.26 Å². The van der Waals surface area contributed by atoms with Gasteiger partial charge in [0.25, 0.3) is 0 Å². The van der Waals surface area contributed by atoms with Crippen LogP contribution in [0.2, 0.25) is 0 Å². The van der Waals surface area contributed by atoms with E-state index in [1.807, 2.05) is 37.4 Å². The van der Waals surface area contributed by atoms with Crippen molar-refractivity contribution >= 4 is 60.5 Å². The Morgan fingerprint density at radius 1 is 1.06 bits per heavy atom. The van der Waals surface area contributed by atoms with Crippen LogP contribution in [0.1, 0.15) is 27.7 Å². The van der Waals surface area contributed by atoms with E-state index < -0.39 is 0 Å². The molecule has 0 aliphatic heterocycles. The zero-order chi connectivity index (χ0) is 22.7. The van der Waals surface area contributed by atoms with Gasteiger partial charge >= 0.3 is 0 Å². The number of hydrogen-bond donors (Lipinski definition) is 0. The largest absolute Gasteiger partial charge is 0.326 e. The fourth-order valence-corrected chi connectivity index (χ4v) is 6.51. The lowest BCUT2D eigenvalue weighted by molar-refractivity contribution is 0.104. The van der Waals surface area contributed by atoms with Crippen LogP contribution >= 0.6 is 22.7 Å². The van der Waals surface area contributed by atoms with Gasteiger partial charge in [-0.3, -0.25) is 4.79 Å². The first-order chi connectivity index (χ1) is 16.0. The third-order valence-corrected chi connectivity index (χ3v) is 8.11. The zero-order valence-electron chi connectivity index (χ0n) is 17.9. The van der Waals surface area contributed by atoms with Crippen molar-refractivity contribution in [2.45, 2.75) is 6.92 Å². The van der Waals surface area contributed by atoms with Crippen molar-refractivity contribution in [3.8, 4) is 16.8 Å². The average molecular weight is 464 g/mol. The smallest absolute Gasteiger partial charge is 0.194 e. The molecular formula is C27H17N3OS2. The van der Waals surface area contributed by atoms with E-state index >= 15 is 0 Å². The molecule has 0 fully saturated rings. The monoisotopic (exact) mass is 463 g/mol. The first-order valence-corrected chi connectivity index (χ1v) is 12.1. The maximum atomic E-state index is 13.1. The molecule has 6 heteroatoms. The van der Waals surface area contributed by atoms with Crippen LogP contribution in [0.15, 0.2) is 71.8 Å². The molecule has 0 N–H and O–H groups in total. The molecule has 0 atom stereocenters. The number of benzene rings is 2. The van der Waals surface area contributed by atoms with Crippen LogP contribution < -0.4 is 0 Å². The molecule has 2 aromatic carbocycles. The van der Waals surface area contributed by atoms with E-state index in [1.54, 1.807) is 29.6 Å². The normalized spacial score (nSPS) is 16.0. The number of ketones is 1. The van der Waals surface area contributed by atoms with E-state index in [0.29, 0.717) is 16.7 Å². The standard InChI is InChI=1S/C27H17N3OS2/c1-15(14-28)24-18-8-4-5-9-19(18)25(31)20(24)12-17-13-21-27(32-17)29-26(30(21)2)23-11-16-7-3-6-10-22(16)33-23/h3-13H,1-2H3/b20-12-,24-15?. The summed E-state index contributed by atoms with van der Waals surface area (Å²) < 4.78 is 3.36. The number of carbonyl (C=O) groups excluding carboxylic acids is 1. The first-order valence-electron chi connectivity index (χ1n) is 10.5. The fourth-order valence-electron chi connectivity index (χ4n) is 4.42. The highest BCUT2D eigenvalue weighted by Gasteiger charge is 2.31. The van der Waals surface area contributed by atoms with E-state index in [0.717, 1.165) is 37.1 Å². The fraction of sp³-hybridized carbons (Fsp3) is 0.0741. The Morgan fingerprint density at radius 2 is 1.82 bits per heavy atom. The van der Waals surface area contributed by atoms with Gasteiger partial charge in [0.2, 0.25) is 0 Å². The third-order valence-electron chi connectivity index (χ3n) is 6.03. The number of fused-ring (bicyclic) bond motifs is 3. The number of nitrogens with zero attached hydrogens (tertiary/aromatic N) is 3. The molecule has 1 aliphatic rings. The summed E-state index contributed by atoms with van der Waals surface area (Å²) in [5, 5.41) is 10.8.